The van der Waals surface area contributed by atoms with Crippen LogP contribution in [0.25, 0.3) is 0 Å². The van der Waals surface area contributed by atoms with E-state index in [9.17, 15) is 0 Å². The van der Waals surface area contributed by atoms with Crippen LogP contribution in [0.4, 0.5) is 0 Å². The molecule has 1 aromatic heterocycles. The first kappa shape index (κ1) is 13.7. The average molecular weight is 249 g/mol. The lowest BCUT2D eigenvalue weighted by Crippen LogP contribution is -2.32. The molecule has 1 aromatic rings. The lowest BCUT2D eigenvalue weighted by Gasteiger charge is -2.26. The molecule has 102 valence electrons. The van der Waals surface area contributed by atoms with Crippen molar-refractivity contribution in [3.63, 3.8) is 0 Å². The highest BCUT2D eigenvalue weighted by atomic mass is 16.3. The zero-order valence-electron chi connectivity index (χ0n) is 11.9. The van der Waals surface area contributed by atoms with Gasteiger partial charge in [-0.25, -0.2) is 0 Å². The van der Waals surface area contributed by atoms with Gasteiger partial charge in [-0.1, -0.05) is 32.6 Å². The molecule has 18 heavy (non-hydrogen) atoms. The molecule has 0 fully saturated rings. The molecule has 0 saturated carbocycles. The summed E-state index contributed by atoms with van der Waals surface area (Å²) in [5, 5.41) is 3.78. The SMILES string of the molecule is CCCCCCC(C)NC1CCCc2occc21. The van der Waals surface area contributed by atoms with Crippen molar-refractivity contribution in [2.24, 2.45) is 0 Å². The normalized spacial score (nSPS) is 20.7. The van der Waals surface area contributed by atoms with Gasteiger partial charge in [-0.3, -0.25) is 0 Å². The molecule has 0 radical (unpaired) electrons. The highest BCUT2D eigenvalue weighted by Gasteiger charge is 2.23. The molecule has 0 saturated heterocycles. The van der Waals surface area contributed by atoms with E-state index in [0.29, 0.717) is 12.1 Å². The van der Waals surface area contributed by atoms with E-state index >= 15 is 0 Å². The lowest BCUT2D eigenvalue weighted by molar-refractivity contribution is 0.367. The Balaban J connectivity index is 1.76. The van der Waals surface area contributed by atoms with Crippen LogP contribution < -0.4 is 5.32 Å². The fourth-order valence-corrected chi connectivity index (χ4v) is 2.96. The summed E-state index contributed by atoms with van der Waals surface area (Å²) in [7, 11) is 0. The maximum Gasteiger partial charge on any atom is 0.108 e. The van der Waals surface area contributed by atoms with Gasteiger partial charge in [0.1, 0.15) is 5.76 Å². The highest BCUT2D eigenvalue weighted by Crippen LogP contribution is 2.31. The molecule has 2 nitrogen and oxygen atoms in total. The molecule has 1 heterocycles. The van der Waals surface area contributed by atoms with Gasteiger partial charge in [0, 0.05) is 24.1 Å². The molecule has 0 bridgehead atoms. The number of hydrogen-bond donors (Lipinski definition) is 1. The van der Waals surface area contributed by atoms with Crippen LogP contribution in [0.15, 0.2) is 16.7 Å². The molecule has 0 aliphatic heterocycles. The van der Waals surface area contributed by atoms with E-state index in [4.69, 9.17) is 4.42 Å². The monoisotopic (exact) mass is 249 g/mol. The molecule has 1 N–H and O–H groups in total. The van der Waals surface area contributed by atoms with Crippen molar-refractivity contribution in [1.82, 2.24) is 5.32 Å². The highest BCUT2D eigenvalue weighted by molar-refractivity contribution is 5.24. The summed E-state index contributed by atoms with van der Waals surface area (Å²) >= 11 is 0. The first-order chi connectivity index (χ1) is 8.81. The van der Waals surface area contributed by atoms with Crippen molar-refractivity contribution in [1.29, 1.82) is 0 Å². The van der Waals surface area contributed by atoms with Crippen LogP contribution in [0.3, 0.4) is 0 Å². The predicted octanol–water partition coefficient (Wildman–Crippen LogP) is 4.61. The molecule has 0 aromatic carbocycles. The Labute approximate surface area is 111 Å². The molecule has 2 atom stereocenters. The smallest absolute Gasteiger partial charge is 0.108 e. The molecular formula is C16H27NO. The minimum absolute atomic E-state index is 0.522. The van der Waals surface area contributed by atoms with Gasteiger partial charge in [-0.15, -0.1) is 0 Å². The quantitative estimate of drug-likeness (QED) is 0.714. The number of furan rings is 1. The van der Waals surface area contributed by atoms with Gasteiger partial charge < -0.3 is 9.73 Å². The fraction of sp³-hybridized carbons (Fsp3) is 0.750. The first-order valence-electron chi connectivity index (χ1n) is 7.63. The average Bonchev–Trinajstić information content (AvgIpc) is 2.84. The zero-order chi connectivity index (χ0) is 12.8. The van der Waals surface area contributed by atoms with Crippen LogP contribution in [0, 0.1) is 0 Å². The molecule has 2 rings (SSSR count). The Hall–Kier alpha value is -0.760. The summed E-state index contributed by atoms with van der Waals surface area (Å²) < 4.78 is 5.54. The minimum Gasteiger partial charge on any atom is -0.469 e. The summed E-state index contributed by atoms with van der Waals surface area (Å²) in [6.45, 7) is 4.59. The fourth-order valence-electron chi connectivity index (χ4n) is 2.96. The van der Waals surface area contributed by atoms with Gasteiger partial charge in [0.05, 0.1) is 6.26 Å². The van der Waals surface area contributed by atoms with Gasteiger partial charge in [0.25, 0.3) is 0 Å². The van der Waals surface area contributed by atoms with E-state index in [2.05, 4.69) is 25.2 Å². The second kappa shape index (κ2) is 6.98. The van der Waals surface area contributed by atoms with Gasteiger partial charge in [-0.2, -0.15) is 0 Å². The third-order valence-electron chi connectivity index (χ3n) is 4.03. The van der Waals surface area contributed by atoms with Crippen molar-refractivity contribution >= 4 is 0 Å². The minimum atomic E-state index is 0.522. The second-order valence-electron chi connectivity index (χ2n) is 5.66. The summed E-state index contributed by atoms with van der Waals surface area (Å²) in [5.41, 5.74) is 1.40. The van der Waals surface area contributed by atoms with Gasteiger partial charge in [0.2, 0.25) is 0 Å². The predicted molar refractivity (Wildman–Crippen MR) is 75.7 cm³/mol. The lowest BCUT2D eigenvalue weighted by atomic mass is 9.92. The topological polar surface area (TPSA) is 25.2 Å². The van der Waals surface area contributed by atoms with Crippen molar-refractivity contribution in [2.45, 2.75) is 77.3 Å². The van der Waals surface area contributed by atoms with E-state index in [0.717, 1.165) is 6.42 Å². The largest absolute Gasteiger partial charge is 0.469 e. The Bertz CT molecular complexity index is 345. The first-order valence-corrected chi connectivity index (χ1v) is 7.63. The Morgan fingerprint density at radius 2 is 2.28 bits per heavy atom. The molecule has 1 aliphatic carbocycles. The van der Waals surface area contributed by atoms with Crippen molar-refractivity contribution in [3.05, 3.63) is 23.7 Å². The van der Waals surface area contributed by atoms with Crippen molar-refractivity contribution < 1.29 is 4.42 Å². The molecule has 1 aliphatic rings. The maximum atomic E-state index is 5.54. The van der Waals surface area contributed by atoms with Crippen LogP contribution >= 0.6 is 0 Å². The van der Waals surface area contributed by atoms with E-state index in [-0.39, 0.29) is 0 Å². The third-order valence-corrected chi connectivity index (χ3v) is 4.03. The van der Waals surface area contributed by atoms with Crippen molar-refractivity contribution in [2.75, 3.05) is 0 Å². The Morgan fingerprint density at radius 1 is 1.39 bits per heavy atom. The number of unbranched alkanes of at least 4 members (excludes halogenated alkanes) is 3. The molecule has 0 amide bonds. The molecule has 0 spiro atoms. The standard InChI is InChI=1S/C16H27NO/c1-3-4-5-6-8-13(2)17-15-9-7-10-16-14(15)11-12-18-16/h11-13,15,17H,3-10H2,1-2H3. The summed E-state index contributed by atoms with van der Waals surface area (Å²) in [6.07, 6.45) is 12.2. The van der Waals surface area contributed by atoms with E-state index in [1.165, 1.54) is 56.3 Å². The zero-order valence-corrected chi connectivity index (χ0v) is 11.9. The molecular weight excluding hydrogens is 222 g/mol. The van der Waals surface area contributed by atoms with Gasteiger partial charge in [0.15, 0.2) is 0 Å². The summed E-state index contributed by atoms with van der Waals surface area (Å²) in [6, 6.07) is 3.29. The molecule has 2 heteroatoms. The van der Waals surface area contributed by atoms with Crippen molar-refractivity contribution in [3.8, 4) is 0 Å². The Morgan fingerprint density at radius 3 is 3.11 bits per heavy atom. The number of aryl methyl sites for hydroxylation is 1. The van der Waals surface area contributed by atoms with Crippen LogP contribution in [0.5, 0.6) is 0 Å². The number of hydrogen-bond acceptors (Lipinski definition) is 2. The second-order valence-corrected chi connectivity index (χ2v) is 5.66. The van der Waals surface area contributed by atoms with Crippen LogP contribution in [-0.2, 0) is 6.42 Å². The van der Waals surface area contributed by atoms with Gasteiger partial charge in [-0.05, 0) is 32.3 Å². The third kappa shape index (κ3) is 3.61. The van der Waals surface area contributed by atoms with E-state index < -0.39 is 0 Å². The van der Waals surface area contributed by atoms with E-state index in [1.807, 2.05) is 6.26 Å². The number of fused-ring (bicyclic) bond motifs is 1. The molecule has 2 unspecified atom stereocenters. The van der Waals surface area contributed by atoms with Crippen LogP contribution in [-0.4, -0.2) is 6.04 Å². The summed E-state index contributed by atoms with van der Waals surface area (Å²) in [4.78, 5) is 0. The maximum absolute atomic E-state index is 5.54. The number of nitrogens with one attached hydrogen (secondary N) is 1. The number of rotatable bonds is 7. The van der Waals surface area contributed by atoms with E-state index in [1.54, 1.807) is 0 Å². The Kier molecular flexibility index (Phi) is 5.30. The van der Waals surface area contributed by atoms with Crippen LogP contribution in [0.1, 0.15) is 76.2 Å². The van der Waals surface area contributed by atoms with Gasteiger partial charge >= 0.3 is 0 Å². The summed E-state index contributed by atoms with van der Waals surface area (Å²) in [5.74, 6) is 1.21. The van der Waals surface area contributed by atoms with Crippen LogP contribution in [0.2, 0.25) is 0 Å².